The Hall–Kier alpha value is -2.55. The van der Waals surface area contributed by atoms with Crippen LogP contribution in [0.4, 0.5) is 0 Å². The van der Waals surface area contributed by atoms with E-state index in [1.54, 1.807) is 19.1 Å². The van der Waals surface area contributed by atoms with E-state index in [1.807, 2.05) is 36.4 Å². The minimum atomic E-state index is -0.357. The van der Waals surface area contributed by atoms with E-state index in [9.17, 15) is 9.90 Å². The van der Waals surface area contributed by atoms with E-state index in [0.29, 0.717) is 12.2 Å². The number of benzene rings is 1. The summed E-state index contributed by atoms with van der Waals surface area (Å²) in [5.74, 6) is -0.216. The number of carbonyl (C=O) groups excluding carboxylic acids is 1. The molecule has 3 rings (SSSR count). The summed E-state index contributed by atoms with van der Waals surface area (Å²) in [5.41, 5.74) is 2.34. The molecule has 1 N–H and O–H groups in total. The predicted molar refractivity (Wildman–Crippen MR) is 78.2 cm³/mol. The highest BCUT2D eigenvalue weighted by Gasteiger charge is 2.22. The Labute approximate surface area is 116 Å². The minimum Gasteiger partial charge on any atom is -0.508 e. The average Bonchev–Trinajstić information content (AvgIpc) is 2.58. The number of hydrogen-bond acceptors (Lipinski definition) is 3. The van der Waals surface area contributed by atoms with Crippen LogP contribution in [-0.2, 0) is 4.74 Å². The van der Waals surface area contributed by atoms with E-state index in [-0.39, 0.29) is 11.7 Å². The summed E-state index contributed by atoms with van der Waals surface area (Å²) < 4.78 is 5.15. The number of aromatic hydroxyl groups is 1. The van der Waals surface area contributed by atoms with Crippen molar-refractivity contribution in [3.05, 3.63) is 54.1 Å². The highest BCUT2D eigenvalue weighted by Crippen LogP contribution is 2.40. The second-order valence-corrected chi connectivity index (χ2v) is 4.56. The first-order valence-electron chi connectivity index (χ1n) is 6.53. The molecule has 20 heavy (non-hydrogen) atoms. The van der Waals surface area contributed by atoms with E-state index in [4.69, 9.17) is 4.74 Å². The average molecular weight is 266 g/mol. The molecule has 0 saturated heterocycles. The number of carbonyl (C=O) groups is 1. The number of fused-ring (bicyclic) bond motifs is 3. The molecule has 0 saturated carbocycles. The van der Waals surface area contributed by atoms with Crippen molar-refractivity contribution in [2.75, 3.05) is 6.61 Å². The van der Waals surface area contributed by atoms with Gasteiger partial charge < -0.3 is 9.84 Å². The molecule has 100 valence electrons. The zero-order chi connectivity index (χ0) is 14.1. The Balaban J connectivity index is 2.41. The Kier molecular flexibility index (Phi) is 3.03. The van der Waals surface area contributed by atoms with Crippen LogP contribution in [0.5, 0.6) is 5.75 Å². The van der Waals surface area contributed by atoms with Crippen LogP contribution in [0.15, 0.2) is 48.5 Å². The van der Waals surface area contributed by atoms with Gasteiger partial charge in [-0.3, -0.25) is 0 Å². The van der Waals surface area contributed by atoms with Gasteiger partial charge in [-0.1, -0.05) is 36.4 Å². The molecule has 0 spiro atoms. The second-order valence-electron chi connectivity index (χ2n) is 4.56. The van der Waals surface area contributed by atoms with Crippen molar-refractivity contribution in [2.24, 2.45) is 0 Å². The molecule has 0 unspecified atom stereocenters. The lowest BCUT2D eigenvalue weighted by atomic mass is 10.1. The Morgan fingerprint density at radius 2 is 1.80 bits per heavy atom. The summed E-state index contributed by atoms with van der Waals surface area (Å²) in [6, 6.07) is 14.7. The fraction of sp³-hybridized carbons (Fsp3) is 0.118. The van der Waals surface area contributed by atoms with Crippen molar-refractivity contribution in [3.8, 4) is 16.9 Å². The van der Waals surface area contributed by atoms with Gasteiger partial charge in [-0.05, 0) is 35.6 Å². The largest absolute Gasteiger partial charge is 0.508 e. The van der Waals surface area contributed by atoms with Crippen LogP contribution in [0.25, 0.3) is 21.9 Å². The van der Waals surface area contributed by atoms with Crippen molar-refractivity contribution in [2.45, 2.75) is 6.92 Å². The van der Waals surface area contributed by atoms with Crippen LogP contribution < -0.4 is 0 Å². The second kappa shape index (κ2) is 4.85. The van der Waals surface area contributed by atoms with Crippen molar-refractivity contribution >= 4 is 16.7 Å². The molecule has 0 aliphatic heterocycles. The molecule has 0 bridgehead atoms. The van der Waals surface area contributed by atoms with Crippen LogP contribution in [0.2, 0.25) is 0 Å². The van der Waals surface area contributed by atoms with Crippen LogP contribution in [-0.4, -0.2) is 17.7 Å². The van der Waals surface area contributed by atoms with Crippen LogP contribution >= 0.6 is 0 Å². The molecule has 0 radical (unpaired) electrons. The number of hydrogen-bond donors (Lipinski definition) is 1. The van der Waals surface area contributed by atoms with E-state index in [2.05, 4.69) is 0 Å². The molecular formula is C17H14O3. The first-order valence-corrected chi connectivity index (χ1v) is 6.53. The normalized spacial score (nSPS) is 10.8. The molecule has 0 heterocycles. The Bertz CT molecular complexity index is 761. The van der Waals surface area contributed by atoms with Crippen molar-refractivity contribution < 1.29 is 14.6 Å². The van der Waals surface area contributed by atoms with Crippen molar-refractivity contribution in [1.82, 2.24) is 0 Å². The Morgan fingerprint density at radius 1 is 1.05 bits per heavy atom. The van der Waals surface area contributed by atoms with E-state index in [0.717, 1.165) is 21.9 Å². The van der Waals surface area contributed by atoms with Gasteiger partial charge >= 0.3 is 5.97 Å². The third-order valence-electron chi connectivity index (χ3n) is 3.35. The first-order chi connectivity index (χ1) is 9.72. The van der Waals surface area contributed by atoms with Crippen LogP contribution in [0.1, 0.15) is 17.3 Å². The number of phenolic OH excluding ortho intramolecular Hbond substituents is 1. The maximum Gasteiger partial charge on any atom is 0.339 e. The molecule has 0 amide bonds. The smallest absolute Gasteiger partial charge is 0.339 e. The molecule has 0 aromatic heterocycles. The number of ether oxygens (including phenoxy) is 1. The highest BCUT2D eigenvalue weighted by atomic mass is 16.5. The zero-order valence-corrected chi connectivity index (χ0v) is 11.1. The molecule has 0 atom stereocenters. The molecule has 2 aliphatic carbocycles. The summed E-state index contributed by atoms with van der Waals surface area (Å²) >= 11 is 0. The molecule has 3 heteroatoms. The van der Waals surface area contributed by atoms with Gasteiger partial charge in [-0.25, -0.2) is 4.79 Å². The SMILES string of the molecule is CCOC(=O)c1c2cccccc-2c2ccc(O)cc12. The summed E-state index contributed by atoms with van der Waals surface area (Å²) in [5, 5.41) is 11.4. The topological polar surface area (TPSA) is 46.5 Å². The third-order valence-corrected chi connectivity index (χ3v) is 3.35. The minimum absolute atomic E-state index is 0.141. The lowest BCUT2D eigenvalue weighted by Crippen LogP contribution is -2.04. The first kappa shape index (κ1) is 12.5. The number of phenols is 1. The van der Waals surface area contributed by atoms with Crippen molar-refractivity contribution in [1.29, 1.82) is 0 Å². The van der Waals surface area contributed by atoms with Crippen molar-refractivity contribution in [3.63, 3.8) is 0 Å². The molecule has 3 nitrogen and oxygen atoms in total. The molecule has 0 fully saturated rings. The predicted octanol–water partition coefficient (Wildman–Crippen LogP) is 3.83. The number of rotatable bonds is 2. The van der Waals surface area contributed by atoms with Gasteiger partial charge in [-0.2, -0.15) is 0 Å². The molecular weight excluding hydrogens is 252 g/mol. The third kappa shape index (κ3) is 1.88. The highest BCUT2D eigenvalue weighted by molar-refractivity contribution is 6.18. The van der Waals surface area contributed by atoms with E-state index >= 15 is 0 Å². The van der Waals surface area contributed by atoms with Gasteiger partial charge in [0.1, 0.15) is 5.75 Å². The zero-order valence-electron chi connectivity index (χ0n) is 11.1. The van der Waals surface area contributed by atoms with Gasteiger partial charge in [-0.15, -0.1) is 0 Å². The molecule has 1 aromatic rings. The van der Waals surface area contributed by atoms with Gasteiger partial charge in [0, 0.05) is 5.39 Å². The molecule has 2 aliphatic rings. The van der Waals surface area contributed by atoms with Gasteiger partial charge in [0.15, 0.2) is 0 Å². The summed E-state index contributed by atoms with van der Waals surface area (Å²) in [6.45, 7) is 2.10. The standard InChI is InChI=1S/C17H14O3/c1-2-20-17(19)16-14-7-5-3-4-6-12(14)13-9-8-11(18)10-15(13)16/h3-10,18H,2H2,1H3. The van der Waals surface area contributed by atoms with Crippen LogP contribution in [0, 0.1) is 0 Å². The summed E-state index contributed by atoms with van der Waals surface area (Å²) in [7, 11) is 0. The maximum absolute atomic E-state index is 12.2. The van der Waals surface area contributed by atoms with Gasteiger partial charge in [0.2, 0.25) is 0 Å². The van der Waals surface area contributed by atoms with E-state index < -0.39 is 0 Å². The van der Waals surface area contributed by atoms with E-state index in [1.165, 1.54) is 0 Å². The van der Waals surface area contributed by atoms with Crippen LogP contribution in [0.3, 0.4) is 0 Å². The quantitative estimate of drug-likeness (QED) is 0.717. The monoisotopic (exact) mass is 266 g/mol. The summed E-state index contributed by atoms with van der Waals surface area (Å²) in [4.78, 5) is 12.2. The Morgan fingerprint density at radius 3 is 2.55 bits per heavy atom. The van der Waals surface area contributed by atoms with Gasteiger partial charge in [0.25, 0.3) is 0 Å². The fourth-order valence-corrected chi connectivity index (χ4v) is 2.54. The molecule has 1 aromatic carbocycles. The lowest BCUT2D eigenvalue weighted by Gasteiger charge is -2.02. The summed E-state index contributed by atoms with van der Waals surface area (Å²) in [6.07, 6.45) is 0. The lowest BCUT2D eigenvalue weighted by molar-refractivity contribution is 0.0530. The number of esters is 1. The van der Waals surface area contributed by atoms with Gasteiger partial charge in [0.05, 0.1) is 12.2 Å². The fourth-order valence-electron chi connectivity index (χ4n) is 2.54. The maximum atomic E-state index is 12.2.